The number of hydrogen-bond acceptors (Lipinski definition) is 4. The molecule has 0 aliphatic heterocycles. The Hall–Kier alpha value is -1.97. The Morgan fingerprint density at radius 2 is 2.00 bits per heavy atom. The third-order valence-electron chi connectivity index (χ3n) is 3.56. The zero-order chi connectivity index (χ0) is 12.5. The first kappa shape index (κ1) is 11.1. The van der Waals surface area contributed by atoms with Gasteiger partial charge >= 0.3 is 0 Å². The smallest absolute Gasteiger partial charge is 0.242 e. The quantitative estimate of drug-likeness (QED) is 0.894. The zero-order valence-electron chi connectivity index (χ0n) is 10.6. The van der Waals surface area contributed by atoms with Crippen LogP contribution in [0.3, 0.4) is 0 Å². The number of hydrogen-bond donors (Lipinski definition) is 1. The summed E-state index contributed by atoms with van der Waals surface area (Å²) in [4.78, 5) is 4.37. The fraction of sp³-hybridized carbons (Fsp3) is 0.357. The number of nitrogens with zero attached hydrogens (tertiary/aromatic N) is 3. The van der Waals surface area contributed by atoms with Crippen molar-refractivity contribution in [2.24, 2.45) is 0 Å². The van der Waals surface area contributed by atoms with Crippen molar-refractivity contribution in [2.75, 3.05) is 11.9 Å². The highest BCUT2D eigenvalue weighted by atomic mass is 15.2. The Bertz CT molecular complexity index is 580. The number of nitrogens with one attached hydrogen (secondary N) is 1. The van der Waals surface area contributed by atoms with Gasteiger partial charge in [0.05, 0.1) is 11.4 Å². The van der Waals surface area contributed by atoms with Gasteiger partial charge in [0.1, 0.15) is 0 Å². The number of rotatable bonds is 3. The van der Waals surface area contributed by atoms with Gasteiger partial charge in [-0.25, -0.2) is 4.98 Å². The summed E-state index contributed by atoms with van der Waals surface area (Å²) >= 11 is 0. The molecule has 0 bridgehead atoms. The third-order valence-corrected chi connectivity index (χ3v) is 3.56. The number of fused-ring (bicyclic) bond motifs is 1. The molecule has 1 heterocycles. The van der Waals surface area contributed by atoms with Crippen molar-refractivity contribution in [3.05, 3.63) is 46.8 Å². The maximum absolute atomic E-state index is 4.37. The van der Waals surface area contributed by atoms with Crippen molar-refractivity contribution in [3.63, 3.8) is 0 Å². The second kappa shape index (κ2) is 4.37. The molecule has 92 valence electrons. The Balaban J connectivity index is 1.65. The SMILES string of the molecule is Cc1nnc(NCC2Cc3ccccc32)nc1C. The highest BCUT2D eigenvalue weighted by Crippen LogP contribution is 2.34. The van der Waals surface area contributed by atoms with Crippen LogP contribution in [0.4, 0.5) is 5.95 Å². The van der Waals surface area contributed by atoms with Gasteiger partial charge in [-0.3, -0.25) is 0 Å². The van der Waals surface area contributed by atoms with Gasteiger partial charge in [0.2, 0.25) is 5.95 Å². The molecule has 3 rings (SSSR count). The molecule has 1 unspecified atom stereocenters. The second-order valence-electron chi connectivity index (χ2n) is 4.79. The molecule has 1 aliphatic rings. The fourth-order valence-electron chi connectivity index (χ4n) is 2.29. The van der Waals surface area contributed by atoms with E-state index in [-0.39, 0.29) is 0 Å². The van der Waals surface area contributed by atoms with Crippen molar-refractivity contribution < 1.29 is 0 Å². The maximum atomic E-state index is 4.37. The normalized spacial score (nSPS) is 16.9. The third kappa shape index (κ3) is 1.94. The summed E-state index contributed by atoms with van der Waals surface area (Å²) in [5, 5.41) is 11.4. The summed E-state index contributed by atoms with van der Waals surface area (Å²) in [7, 11) is 0. The first-order valence-corrected chi connectivity index (χ1v) is 6.23. The lowest BCUT2D eigenvalue weighted by atomic mass is 9.78. The van der Waals surface area contributed by atoms with Crippen molar-refractivity contribution >= 4 is 5.95 Å². The number of anilines is 1. The van der Waals surface area contributed by atoms with Gasteiger partial charge in [0.25, 0.3) is 0 Å². The first-order chi connectivity index (χ1) is 8.74. The van der Waals surface area contributed by atoms with Gasteiger partial charge in [-0.05, 0) is 31.4 Å². The average Bonchev–Trinajstić information content (AvgIpc) is 2.35. The van der Waals surface area contributed by atoms with Crippen molar-refractivity contribution in [3.8, 4) is 0 Å². The Morgan fingerprint density at radius 1 is 1.17 bits per heavy atom. The van der Waals surface area contributed by atoms with Crippen LogP contribution in [0.1, 0.15) is 28.4 Å². The lowest BCUT2D eigenvalue weighted by Gasteiger charge is -2.30. The summed E-state index contributed by atoms with van der Waals surface area (Å²) < 4.78 is 0. The van der Waals surface area contributed by atoms with E-state index in [2.05, 4.69) is 44.8 Å². The monoisotopic (exact) mass is 240 g/mol. The predicted octanol–water partition coefficient (Wildman–Crippen LogP) is 2.24. The van der Waals surface area contributed by atoms with E-state index in [1.807, 2.05) is 13.8 Å². The molecule has 0 fully saturated rings. The molecule has 1 aliphatic carbocycles. The van der Waals surface area contributed by atoms with Crippen molar-refractivity contribution in [1.82, 2.24) is 15.2 Å². The van der Waals surface area contributed by atoms with Gasteiger partial charge in [-0.2, -0.15) is 5.10 Å². The molecule has 0 saturated carbocycles. The minimum absolute atomic E-state index is 0.575. The molecule has 0 spiro atoms. The molecule has 1 atom stereocenters. The minimum Gasteiger partial charge on any atom is -0.352 e. The van der Waals surface area contributed by atoms with E-state index in [0.717, 1.165) is 24.4 Å². The molecule has 18 heavy (non-hydrogen) atoms. The Kier molecular flexibility index (Phi) is 2.70. The van der Waals surface area contributed by atoms with E-state index in [9.17, 15) is 0 Å². The van der Waals surface area contributed by atoms with Crippen LogP contribution >= 0.6 is 0 Å². The Morgan fingerprint density at radius 3 is 2.78 bits per heavy atom. The van der Waals surface area contributed by atoms with Crippen LogP contribution < -0.4 is 5.32 Å². The summed E-state index contributed by atoms with van der Waals surface area (Å²) in [6, 6.07) is 8.59. The van der Waals surface area contributed by atoms with Crippen LogP contribution in [0.25, 0.3) is 0 Å². The predicted molar refractivity (Wildman–Crippen MR) is 70.7 cm³/mol. The number of benzene rings is 1. The van der Waals surface area contributed by atoms with Crippen molar-refractivity contribution in [1.29, 1.82) is 0 Å². The molecule has 0 amide bonds. The van der Waals surface area contributed by atoms with E-state index in [4.69, 9.17) is 0 Å². The molecule has 0 saturated heterocycles. The van der Waals surface area contributed by atoms with Gasteiger partial charge in [-0.15, -0.1) is 5.10 Å². The summed E-state index contributed by atoms with van der Waals surface area (Å²) in [6.07, 6.45) is 1.14. The standard InChI is InChI=1S/C14H16N4/c1-9-10(2)17-18-14(16-9)15-8-12-7-11-5-3-4-6-13(11)12/h3-6,12H,7-8H2,1-2H3,(H,15,16,18). The second-order valence-corrected chi connectivity index (χ2v) is 4.79. The number of aryl methyl sites for hydroxylation is 2. The minimum atomic E-state index is 0.575. The van der Waals surface area contributed by atoms with Crippen LogP contribution in [-0.4, -0.2) is 21.7 Å². The maximum Gasteiger partial charge on any atom is 0.242 e. The lowest BCUT2D eigenvalue weighted by molar-refractivity contribution is 0.631. The van der Waals surface area contributed by atoms with Gasteiger partial charge in [0, 0.05) is 12.5 Å². The molecule has 0 radical (unpaired) electrons. The number of aromatic nitrogens is 3. The molecule has 1 aromatic carbocycles. The van der Waals surface area contributed by atoms with E-state index in [1.54, 1.807) is 0 Å². The van der Waals surface area contributed by atoms with Crippen LogP contribution in [0, 0.1) is 13.8 Å². The average molecular weight is 240 g/mol. The lowest BCUT2D eigenvalue weighted by Crippen LogP contribution is -2.25. The van der Waals surface area contributed by atoms with E-state index >= 15 is 0 Å². The molecule has 1 aromatic heterocycles. The van der Waals surface area contributed by atoms with Crippen LogP contribution in [0.2, 0.25) is 0 Å². The topological polar surface area (TPSA) is 50.7 Å². The molecular formula is C14H16N4. The van der Waals surface area contributed by atoms with Crippen LogP contribution in [0.15, 0.2) is 24.3 Å². The zero-order valence-corrected chi connectivity index (χ0v) is 10.6. The summed E-state index contributed by atoms with van der Waals surface area (Å²) in [5.74, 6) is 1.20. The van der Waals surface area contributed by atoms with Crippen LogP contribution in [0.5, 0.6) is 0 Å². The van der Waals surface area contributed by atoms with Gasteiger partial charge in [-0.1, -0.05) is 24.3 Å². The largest absolute Gasteiger partial charge is 0.352 e. The highest BCUT2D eigenvalue weighted by Gasteiger charge is 2.25. The molecule has 1 N–H and O–H groups in total. The highest BCUT2D eigenvalue weighted by molar-refractivity contribution is 5.41. The fourth-order valence-corrected chi connectivity index (χ4v) is 2.29. The van der Waals surface area contributed by atoms with E-state index in [1.165, 1.54) is 11.1 Å². The van der Waals surface area contributed by atoms with E-state index < -0.39 is 0 Å². The first-order valence-electron chi connectivity index (χ1n) is 6.23. The summed E-state index contributed by atoms with van der Waals surface area (Å²) in [6.45, 7) is 4.75. The van der Waals surface area contributed by atoms with Crippen LogP contribution in [-0.2, 0) is 6.42 Å². The van der Waals surface area contributed by atoms with Gasteiger partial charge in [0.15, 0.2) is 0 Å². The molecular weight excluding hydrogens is 224 g/mol. The van der Waals surface area contributed by atoms with E-state index in [0.29, 0.717) is 11.9 Å². The molecule has 4 heteroatoms. The molecule has 4 nitrogen and oxygen atoms in total. The summed E-state index contributed by atoms with van der Waals surface area (Å²) in [5.41, 5.74) is 4.72. The van der Waals surface area contributed by atoms with Gasteiger partial charge < -0.3 is 5.32 Å². The molecule has 2 aromatic rings. The van der Waals surface area contributed by atoms with Crippen molar-refractivity contribution in [2.45, 2.75) is 26.2 Å². The Labute approximate surface area is 106 Å².